The Balaban J connectivity index is 0. The Bertz CT molecular complexity index is 32.9. The van der Waals surface area contributed by atoms with Gasteiger partial charge in [0.05, 0.1) is 0 Å². The molecule has 1 atom stereocenters. The Morgan fingerprint density at radius 3 is 2.14 bits per heavy atom. The van der Waals surface area contributed by atoms with Crippen molar-refractivity contribution in [1.29, 1.82) is 0 Å². The van der Waals surface area contributed by atoms with Gasteiger partial charge in [0.2, 0.25) is 0 Å². The van der Waals surface area contributed by atoms with Crippen molar-refractivity contribution in [2.75, 3.05) is 5.88 Å². The van der Waals surface area contributed by atoms with Crippen molar-refractivity contribution in [2.45, 2.75) is 19.4 Å². The molecule has 0 bridgehead atoms. The van der Waals surface area contributed by atoms with Gasteiger partial charge >= 0.3 is 17.4 Å². The zero-order valence-corrected chi connectivity index (χ0v) is 6.27. The quantitative estimate of drug-likeness (QED) is 0.385. The van der Waals surface area contributed by atoms with E-state index in [4.69, 9.17) is 11.6 Å². The molecule has 7 heavy (non-hydrogen) atoms. The van der Waals surface area contributed by atoms with Crippen LogP contribution in [0, 0.1) is 0 Å². The molecule has 3 heteroatoms. The van der Waals surface area contributed by atoms with Gasteiger partial charge in [0.1, 0.15) is 0 Å². The minimum absolute atomic E-state index is 0. The first-order chi connectivity index (χ1) is 2.77. The van der Waals surface area contributed by atoms with Crippen LogP contribution in [0.5, 0.6) is 0 Å². The molecule has 0 saturated carbocycles. The van der Waals surface area contributed by atoms with Crippen LogP contribution in [0.1, 0.15) is 13.3 Å². The van der Waals surface area contributed by atoms with E-state index in [2.05, 4.69) is 0 Å². The third-order valence-corrected chi connectivity index (χ3v) is 0.734. The minimum atomic E-state index is -0.484. The first-order valence-corrected chi connectivity index (χ1v) is 2.52. The minimum Gasteiger partial charge on any atom is -0.852 e. The van der Waals surface area contributed by atoms with Crippen LogP contribution in [0.3, 0.4) is 0 Å². The molecule has 0 aromatic rings. The summed E-state index contributed by atoms with van der Waals surface area (Å²) in [7, 11) is 0. The summed E-state index contributed by atoms with van der Waals surface area (Å²) in [6, 6.07) is 0. The van der Waals surface area contributed by atoms with Crippen LogP contribution in [0.25, 0.3) is 0 Å². The molecule has 0 saturated heterocycles. The zero-order chi connectivity index (χ0) is 4.99. The fraction of sp³-hybridized carbons (Fsp3) is 1.00. The van der Waals surface area contributed by atoms with Crippen molar-refractivity contribution in [3.63, 3.8) is 0 Å². The van der Waals surface area contributed by atoms with Gasteiger partial charge in [0, 0.05) is 5.88 Å². The van der Waals surface area contributed by atoms with E-state index < -0.39 is 6.10 Å². The normalized spacial score (nSPS) is 12.4. The van der Waals surface area contributed by atoms with Gasteiger partial charge in [-0.15, -0.1) is 17.7 Å². The molecule has 40 valence electrons. The van der Waals surface area contributed by atoms with E-state index in [9.17, 15) is 5.11 Å². The van der Waals surface area contributed by atoms with Crippen molar-refractivity contribution in [2.24, 2.45) is 0 Å². The van der Waals surface area contributed by atoms with Gasteiger partial charge in [-0.05, 0) is 0 Å². The Labute approximate surface area is 59.8 Å². The summed E-state index contributed by atoms with van der Waals surface area (Å²) in [4.78, 5) is 0. The molecule has 0 spiro atoms. The molecule has 0 heterocycles. The van der Waals surface area contributed by atoms with E-state index in [0.29, 0.717) is 12.3 Å². The van der Waals surface area contributed by atoms with Crippen LogP contribution in [-0.4, -0.2) is 29.3 Å². The summed E-state index contributed by atoms with van der Waals surface area (Å²) in [5.74, 6) is 0.491. The smallest absolute Gasteiger partial charge is 0.852 e. The summed E-state index contributed by atoms with van der Waals surface area (Å²) < 4.78 is 0. The first-order valence-electron chi connectivity index (χ1n) is 1.99. The second-order valence-corrected chi connectivity index (χ2v) is 1.67. The second kappa shape index (κ2) is 6.78. The molecule has 0 aliphatic carbocycles. The molecule has 1 nitrogen and oxygen atoms in total. The molecule has 0 rings (SSSR count). The van der Waals surface area contributed by atoms with Gasteiger partial charge < -0.3 is 5.11 Å². The van der Waals surface area contributed by atoms with Gasteiger partial charge in [0.25, 0.3) is 0 Å². The van der Waals surface area contributed by atoms with Crippen molar-refractivity contribution >= 4 is 29.0 Å². The van der Waals surface area contributed by atoms with Gasteiger partial charge in [-0.1, -0.05) is 13.3 Å². The Hall–Kier alpha value is 0.782. The summed E-state index contributed by atoms with van der Waals surface area (Å²) in [5.41, 5.74) is 0. The van der Waals surface area contributed by atoms with E-state index in [1.54, 1.807) is 6.92 Å². The van der Waals surface area contributed by atoms with Gasteiger partial charge in [-0.3, -0.25) is 0 Å². The van der Waals surface area contributed by atoms with Gasteiger partial charge in [-0.25, -0.2) is 0 Å². The maximum atomic E-state index is 10.0. The average Bonchev–Trinajstić information content (AvgIpc) is 1.35. The van der Waals surface area contributed by atoms with Crippen LogP contribution in [0.2, 0.25) is 0 Å². The standard InChI is InChI=1S/C4H8ClO.Al/c1-4(6)2-3-5;/h4H,2-3H2,1H3;/q-1;+1. The Kier molecular flexibility index (Phi) is 10.4. The molecule has 0 aliphatic rings. The summed E-state index contributed by atoms with van der Waals surface area (Å²) in [6.07, 6.45) is 0.101. The topological polar surface area (TPSA) is 23.1 Å². The van der Waals surface area contributed by atoms with Crippen molar-refractivity contribution in [1.82, 2.24) is 0 Å². The summed E-state index contributed by atoms with van der Waals surface area (Å²) in [6.45, 7) is 1.61. The average molecular weight is 135 g/mol. The fourth-order valence-corrected chi connectivity index (χ4v) is 0.461. The van der Waals surface area contributed by atoms with Crippen LogP contribution in [0.15, 0.2) is 0 Å². The zero-order valence-electron chi connectivity index (χ0n) is 4.36. The SMILES string of the molecule is CC([O-])CCCl.[Al+]. The Morgan fingerprint density at radius 1 is 1.71 bits per heavy atom. The summed E-state index contributed by atoms with van der Waals surface area (Å²) in [5, 5.41) is 10.0. The number of halogens is 1. The molecule has 2 radical (unpaired) electrons. The molecule has 0 aromatic carbocycles. The van der Waals surface area contributed by atoms with E-state index in [1.165, 1.54) is 0 Å². The van der Waals surface area contributed by atoms with E-state index >= 15 is 0 Å². The fourth-order valence-electron chi connectivity index (χ4n) is 0.154. The van der Waals surface area contributed by atoms with Crippen molar-refractivity contribution in [3.8, 4) is 0 Å². The van der Waals surface area contributed by atoms with Crippen LogP contribution < -0.4 is 5.11 Å². The van der Waals surface area contributed by atoms with Crippen molar-refractivity contribution < 1.29 is 5.11 Å². The van der Waals surface area contributed by atoms with Gasteiger partial charge in [-0.2, -0.15) is 0 Å². The third-order valence-electron chi connectivity index (χ3n) is 0.516. The van der Waals surface area contributed by atoms with Crippen molar-refractivity contribution in [3.05, 3.63) is 0 Å². The van der Waals surface area contributed by atoms with Crippen LogP contribution in [-0.2, 0) is 0 Å². The second-order valence-electron chi connectivity index (χ2n) is 1.29. The van der Waals surface area contributed by atoms with Crippen LogP contribution >= 0.6 is 11.6 Å². The molecule has 0 amide bonds. The van der Waals surface area contributed by atoms with E-state index in [-0.39, 0.29) is 17.4 Å². The number of hydrogen-bond donors (Lipinski definition) is 0. The molecular weight excluding hydrogens is 126 g/mol. The maximum absolute atomic E-state index is 10.0. The largest absolute Gasteiger partial charge is 1.00 e. The predicted molar refractivity (Wildman–Crippen MR) is 30.6 cm³/mol. The van der Waals surface area contributed by atoms with E-state index in [0.717, 1.165) is 0 Å². The number of alkyl halides is 1. The van der Waals surface area contributed by atoms with E-state index in [1.807, 2.05) is 0 Å². The third kappa shape index (κ3) is 10.8. The van der Waals surface area contributed by atoms with Gasteiger partial charge in [0.15, 0.2) is 0 Å². The Morgan fingerprint density at radius 2 is 2.14 bits per heavy atom. The monoisotopic (exact) mass is 134 g/mol. The van der Waals surface area contributed by atoms with Crippen LogP contribution in [0.4, 0.5) is 0 Å². The number of hydrogen-bond acceptors (Lipinski definition) is 1. The molecule has 0 aliphatic heterocycles. The maximum Gasteiger partial charge on any atom is 1.00 e. The molecular formula is C4H8AlClO. The first kappa shape index (κ1) is 10.7. The predicted octanol–water partition coefficient (Wildman–Crippen LogP) is -0.0167. The molecule has 1 unspecified atom stereocenters. The summed E-state index contributed by atoms with van der Waals surface area (Å²) >= 11 is 5.20. The molecule has 0 aromatic heterocycles. The molecule has 0 N–H and O–H groups in total. The number of rotatable bonds is 2. The molecule has 0 fully saturated rings.